The molecule has 0 rings (SSSR count). The predicted octanol–water partition coefficient (Wildman–Crippen LogP) is -5.81. The smallest absolute Gasteiger partial charge is 0.0626 e. The van der Waals surface area contributed by atoms with E-state index < -0.39 is 0 Å². The standard InChI is InChI=1S/4BH4.W/h4*1H4;/q4*-1;+4. The van der Waals surface area contributed by atoms with Crippen molar-refractivity contribution in [2.45, 2.75) is 0 Å². The summed E-state index contributed by atoms with van der Waals surface area (Å²) in [6.45, 7) is 0. The summed E-state index contributed by atoms with van der Waals surface area (Å²) >= 11 is 0. The van der Waals surface area contributed by atoms with Crippen LogP contribution >= 0.6 is 0 Å². The van der Waals surface area contributed by atoms with Gasteiger partial charge in [0.25, 0.3) is 0 Å². The molecule has 0 saturated carbocycles. The van der Waals surface area contributed by atoms with E-state index in [1.54, 1.807) is 0 Å². The fraction of sp³-hybridized carbons (Fsp3) is 0. The fourth-order valence-corrected chi connectivity index (χ4v) is 0. The van der Waals surface area contributed by atoms with E-state index in [4.69, 9.17) is 0 Å². The fourth-order valence-electron chi connectivity index (χ4n) is 0. The second-order valence-corrected chi connectivity index (χ2v) is 0. The van der Waals surface area contributed by atoms with Gasteiger partial charge in [-0.05, 0) is 0 Å². The molecule has 0 N–H and O–H groups in total. The Morgan fingerprint density at radius 3 is 0.400 bits per heavy atom. The first-order valence-corrected chi connectivity index (χ1v) is 0. The average molecular weight is 243 g/mol. The molecule has 0 aliphatic heterocycles. The van der Waals surface area contributed by atoms with Crippen LogP contribution in [0, 0.1) is 0 Å². The van der Waals surface area contributed by atoms with Crippen molar-refractivity contribution in [2.24, 2.45) is 0 Å². The third-order valence-corrected chi connectivity index (χ3v) is 0. The molecule has 0 amide bonds. The van der Waals surface area contributed by atoms with Gasteiger partial charge in [0.15, 0.2) is 0 Å². The number of hydrogen-bond acceptors (Lipinski definition) is 0. The molecular weight excluding hydrogens is 227 g/mol. The van der Waals surface area contributed by atoms with Gasteiger partial charge >= 0.3 is 21.1 Å². The summed E-state index contributed by atoms with van der Waals surface area (Å²) in [5, 5.41) is 0. The van der Waals surface area contributed by atoms with E-state index in [2.05, 4.69) is 0 Å². The molecule has 34 valence electrons. The van der Waals surface area contributed by atoms with Gasteiger partial charge in [0.05, 0.1) is 0 Å². The topological polar surface area (TPSA) is 0 Å². The summed E-state index contributed by atoms with van der Waals surface area (Å²) in [6.07, 6.45) is 0. The van der Waals surface area contributed by atoms with Gasteiger partial charge < -0.3 is 0 Å². The summed E-state index contributed by atoms with van der Waals surface area (Å²) in [7, 11) is 0. The van der Waals surface area contributed by atoms with Crippen LogP contribution in [0.2, 0.25) is 0 Å². The summed E-state index contributed by atoms with van der Waals surface area (Å²) in [5.41, 5.74) is 0. The van der Waals surface area contributed by atoms with Crippen LogP contribution in [0.4, 0.5) is 0 Å². The molecule has 0 aromatic carbocycles. The van der Waals surface area contributed by atoms with Crippen molar-refractivity contribution < 1.29 is 21.1 Å². The van der Waals surface area contributed by atoms with Crippen molar-refractivity contribution in [3.05, 3.63) is 0 Å². The Kier molecular flexibility index (Phi) is 2780. The van der Waals surface area contributed by atoms with Crippen LogP contribution in [-0.2, 0) is 21.1 Å². The molecular formula is H16B4W. The molecule has 0 aromatic heterocycles. The van der Waals surface area contributed by atoms with Crippen molar-refractivity contribution in [1.82, 2.24) is 0 Å². The Bertz CT molecular complexity index is 3.61. The first kappa shape index (κ1) is 162. The third-order valence-electron chi connectivity index (χ3n) is 0. The molecule has 5 heteroatoms. The zero-order valence-electron chi connectivity index (χ0n) is 0.408. The van der Waals surface area contributed by atoms with Gasteiger partial charge in [-0.1, -0.05) is 33.7 Å². The molecule has 0 fully saturated rings. The minimum atomic E-state index is 0. The molecule has 0 nitrogen and oxygen atoms in total. The Morgan fingerprint density at radius 1 is 0.400 bits per heavy atom. The van der Waals surface area contributed by atoms with Crippen molar-refractivity contribution in [3.63, 3.8) is 0 Å². The van der Waals surface area contributed by atoms with Crippen LogP contribution in [0.1, 0.15) is 0 Å². The molecule has 0 atom stereocenters. The summed E-state index contributed by atoms with van der Waals surface area (Å²) in [5.74, 6) is 0. The molecule has 0 unspecified atom stereocenters. The van der Waals surface area contributed by atoms with Gasteiger partial charge in [-0.15, -0.1) is 0 Å². The second kappa shape index (κ2) is 85.8. The van der Waals surface area contributed by atoms with Gasteiger partial charge in [-0.3, -0.25) is 0 Å². The summed E-state index contributed by atoms with van der Waals surface area (Å²) in [6, 6.07) is 0. The number of hydrogen-bond donors (Lipinski definition) is 0. The van der Waals surface area contributed by atoms with Crippen LogP contribution < -0.4 is 0 Å². The molecule has 0 saturated heterocycles. The van der Waals surface area contributed by atoms with E-state index in [-0.39, 0.29) is 54.7 Å². The summed E-state index contributed by atoms with van der Waals surface area (Å²) in [4.78, 5) is 0. The minimum Gasteiger partial charge on any atom is -0.0626 e. The minimum absolute atomic E-state index is 0. The van der Waals surface area contributed by atoms with E-state index in [1.807, 2.05) is 0 Å². The van der Waals surface area contributed by atoms with Crippen LogP contribution in [0.15, 0.2) is 0 Å². The molecule has 5 heavy (non-hydrogen) atoms. The quantitative estimate of drug-likeness (QED) is 0.372. The first-order valence-electron chi connectivity index (χ1n) is 0. The Morgan fingerprint density at radius 2 is 0.400 bits per heavy atom. The average Bonchev–Trinajstić information content (AvgIpc) is 0. The maximum absolute atomic E-state index is 0. The number of rotatable bonds is 0. The molecule has 0 aliphatic carbocycles. The largest absolute Gasteiger partial charge is 4.00 e. The maximum Gasteiger partial charge on any atom is 4.00 e. The normalized spacial score (nSPS) is 0. The van der Waals surface area contributed by atoms with E-state index in [0.29, 0.717) is 0 Å². The van der Waals surface area contributed by atoms with Crippen molar-refractivity contribution in [1.29, 1.82) is 0 Å². The van der Waals surface area contributed by atoms with Crippen LogP contribution in [0.25, 0.3) is 0 Å². The van der Waals surface area contributed by atoms with Crippen molar-refractivity contribution in [3.8, 4) is 0 Å². The Balaban J connectivity index is 0. The molecule has 0 aliphatic rings. The predicted molar refractivity (Wildman–Crippen MR) is 45.3 cm³/mol. The van der Waals surface area contributed by atoms with Gasteiger partial charge in [0.2, 0.25) is 0 Å². The van der Waals surface area contributed by atoms with Crippen molar-refractivity contribution >= 4 is 33.7 Å². The summed E-state index contributed by atoms with van der Waals surface area (Å²) < 4.78 is 0. The van der Waals surface area contributed by atoms with Gasteiger partial charge in [-0.25, -0.2) is 0 Å². The molecule has 0 spiro atoms. The molecule has 0 aromatic rings. The second-order valence-electron chi connectivity index (χ2n) is 0. The monoisotopic (exact) mass is 244 g/mol. The van der Waals surface area contributed by atoms with Crippen LogP contribution in [0.3, 0.4) is 0 Å². The first-order chi connectivity index (χ1) is 0. The van der Waals surface area contributed by atoms with E-state index in [1.165, 1.54) is 0 Å². The zero-order valence-corrected chi connectivity index (χ0v) is 3.34. The van der Waals surface area contributed by atoms with E-state index in [9.17, 15) is 0 Å². The van der Waals surface area contributed by atoms with Crippen LogP contribution in [-0.4, -0.2) is 33.7 Å². The third kappa shape index (κ3) is 47.8. The Hall–Kier alpha value is 0.948. The van der Waals surface area contributed by atoms with E-state index in [0.717, 1.165) is 0 Å². The SMILES string of the molecule is [BH4-].[BH4-].[BH4-].[BH4-].[W+4]. The van der Waals surface area contributed by atoms with E-state index >= 15 is 0 Å². The van der Waals surface area contributed by atoms with Gasteiger partial charge in [-0.2, -0.15) is 0 Å². The molecule has 0 heterocycles. The molecule has 0 bridgehead atoms. The zero-order chi connectivity index (χ0) is 0. The maximum atomic E-state index is 0. The van der Waals surface area contributed by atoms with Crippen molar-refractivity contribution in [2.75, 3.05) is 0 Å². The van der Waals surface area contributed by atoms with Gasteiger partial charge in [0, 0.05) is 0 Å². The Labute approximate surface area is 55.0 Å². The van der Waals surface area contributed by atoms with Gasteiger partial charge in [0.1, 0.15) is 0 Å². The molecule has 0 radical (unpaired) electrons. The van der Waals surface area contributed by atoms with Crippen LogP contribution in [0.5, 0.6) is 0 Å².